The van der Waals surface area contributed by atoms with E-state index in [0.717, 1.165) is 16.9 Å². The summed E-state index contributed by atoms with van der Waals surface area (Å²) in [5.74, 6) is 0.717. The molecule has 0 aromatic heterocycles. The van der Waals surface area contributed by atoms with E-state index < -0.39 is 0 Å². The third kappa shape index (κ3) is 1.71. The molecule has 0 fully saturated rings. The number of hydrogen-bond donors (Lipinski definition) is 1. The van der Waals surface area contributed by atoms with E-state index in [1.807, 2.05) is 13.0 Å². The van der Waals surface area contributed by atoms with Crippen LogP contribution in [0.3, 0.4) is 0 Å². The van der Waals surface area contributed by atoms with Crippen LogP contribution in [0.15, 0.2) is 12.1 Å². The molecule has 0 radical (unpaired) electrons. The molecule has 0 aliphatic heterocycles. The smallest absolute Gasteiger partial charge is 0.120 e. The molecule has 0 amide bonds. The summed E-state index contributed by atoms with van der Waals surface area (Å²) in [6.45, 7) is 1.86. The maximum Gasteiger partial charge on any atom is 0.120 e. The number of aliphatic hydroxyl groups excluding tert-OH is 1. The van der Waals surface area contributed by atoms with Gasteiger partial charge in [-0.2, -0.15) is 0 Å². The van der Waals surface area contributed by atoms with Gasteiger partial charge in [-0.05, 0) is 30.2 Å². The first-order chi connectivity index (χ1) is 5.69. The van der Waals surface area contributed by atoms with E-state index in [4.69, 9.17) is 21.4 Å². The molecule has 2 nitrogen and oxygen atoms in total. The van der Waals surface area contributed by atoms with Gasteiger partial charge in [-0.3, -0.25) is 0 Å². The molecular formula is C9H11ClO2. The Bertz CT molecular complexity index is 261. The van der Waals surface area contributed by atoms with E-state index in [9.17, 15) is 0 Å². The van der Waals surface area contributed by atoms with Crippen molar-refractivity contribution in [1.29, 1.82) is 0 Å². The quantitative estimate of drug-likeness (QED) is 0.767. The average Bonchev–Trinajstić information content (AvgIpc) is 2.03. The van der Waals surface area contributed by atoms with Gasteiger partial charge in [0.15, 0.2) is 0 Å². The Labute approximate surface area is 76.7 Å². The molecule has 0 heterocycles. The molecule has 0 atom stereocenters. The van der Waals surface area contributed by atoms with Gasteiger partial charge in [-0.1, -0.05) is 11.6 Å². The van der Waals surface area contributed by atoms with Gasteiger partial charge >= 0.3 is 0 Å². The van der Waals surface area contributed by atoms with E-state index in [1.54, 1.807) is 13.2 Å². The monoisotopic (exact) mass is 186 g/mol. The lowest BCUT2D eigenvalue weighted by atomic mass is 10.1. The summed E-state index contributed by atoms with van der Waals surface area (Å²) in [5, 5.41) is 9.49. The van der Waals surface area contributed by atoms with Crippen molar-refractivity contribution in [1.82, 2.24) is 0 Å². The van der Waals surface area contributed by atoms with Crippen LogP contribution in [0.1, 0.15) is 11.1 Å². The van der Waals surface area contributed by atoms with Gasteiger partial charge in [0.25, 0.3) is 0 Å². The fraction of sp³-hybridized carbons (Fsp3) is 0.333. The highest BCUT2D eigenvalue weighted by Gasteiger charge is 2.04. The van der Waals surface area contributed by atoms with Gasteiger partial charge in [0.2, 0.25) is 0 Å². The van der Waals surface area contributed by atoms with Gasteiger partial charge < -0.3 is 9.84 Å². The summed E-state index contributed by atoms with van der Waals surface area (Å²) in [6.07, 6.45) is 0. The molecule has 0 saturated carbocycles. The van der Waals surface area contributed by atoms with Crippen LogP contribution >= 0.6 is 11.6 Å². The van der Waals surface area contributed by atoms with E-state index in [-0.39, 0.29) is 6.61 Å². The lowest BCUT2D eigenvalue weighted by Crippen LogP contribution is -1.92. The Hall–Kier alpha value is -0.730. The SMILES string of the molecule is COc1cc(C)c(CO)c(Cl)c1. The Kier molecular flexibility index (Phi) is 2.95. The van der Waals surface area contributed by atoms with Crippen LogP contribution < -0.4 is 4.74 Å². The lowest BCUT2D eigenvalue weighted by Gasteiger charge is -2.07. The summed E-state index contributed by atoms with van der Waals surface area (Å²) in [6, 6.07) is 3.54. The fourth-order valence-corrected chi connectivity index (χ4v) is 1.38. The maximum absolute atomic E-state index is 8.94. The van der Waals surface area contributed by atoms with Crippen molar-refractivity contribution in [3.8, 4) is 5.75 Å². The molecule has 0 spiro atoms. The van der Waals surface area contributed by atoms with Crippen LogP contribution in [-0.2, 0) is 6.61 Å². The molecule has 0 aliphatic carbocycles. The second kappa shape index (κ2) is 3.78. The third-order valence-electron chi connectivity index (χ3n) is 1.79. The molecule has 1 aromatic carbocycles. The molecule has 0 aliphatic rings. The van der Waals surface area contributed by atoms with Crippen LogP contribution in [-0.4, -0.2) is 12.2 Å². The second-order valence-corrected chi connectivity index (χ2v) is 2.97. The van der Waals surface area contributed by atoms with Gasteiger partial charge in [-0.15, -0.1) is 0 Å². The third-order valence-corrected chi connectivity index (χ3v) is 2.12. The number of hydrogen-bond acceptors (Lipinski definition) is 2. The first kappa shape index (κ1) is 9.36. The molecule has 1 rings (SSSR count). The summed E-state index contributed by atoms with van der Waals surface area (Å²) in [5.41, 5.74) is 1.71. The number of rotatable bonds is 2. The summed E-state index contributed by atoms with van der Waals surface area (Å²) in [4.78, 5) is 0. The molecule has 66 valence electrons. The van der Waals surface area contributed by atoms with Crippen molar-refractivity contribution in [2.45, 2.75) is 13.5 Å². The predicted octanol–water partition coefficient (Wildman–Crippen LogP) is 2.15. The fourth-order valence-electron chi connectivity index (χ4n) is 1.06. The zero-order chi connectivity index (χ0) is 9.14. The predicted molar refractivity (Wildman–Crippen MR) is 48.7 cm³/mol. The van der Waals surface area contributed by atoms with E-state index in [2.05, 4.69) is 0 Å². The molecule has 12 heavy (non-hydrogen) atoms. The van der Waals surface area contributed by atoms with Gasteiger partial charge in [0.05, 0.1) is 18.7 Å². The van der Waals surface area contributed by atoms with Crippen molar-refractivity contribution in [2.24, 2.45) is 0 Å². The van der Waals surface area contributed by atoms with E-state index in [0.29, 0.717) is 5.02 Å². The van der Waals surface area contributed by atoms with E-state index >= 15 is 0 Å². The molecule has 0 unspecified atom stereocenters. The number of ether oxygens (including phenoxy) is 1. The van der Waals surface area contributed by atoms with Crippen molar-refractivity contribution in [3.63, 3.8) is 0 Å². The van der Waals surface area contributed by atoms with Crippen LogP contribution in [0.5, 0.6) is 5.75 Å². The van der Waals surface area contributed by atoms with Gasteiger partial charge in [-0.25, -0.2) is 0 Å². The Morgan fingerprint density at radius 3 is 2.58 bits per heavy atom. The summed E-state index contributed by atoms with van der Waals surface area (Å²) >= 11 is 5.87. The maximum atomic E-state index is 8.94. The Morgan fingerprint density at radius 2 is 2.17 bits per heavy atom. The summed E-state index contributed by atoms with van der Waals surface area (Å²) in [7, 11) is 1.59. The molecule has 0 bridgehead atoms. The summed E-state index contributed by atoms with van der Waals surface area (Å²) < 4.78 is 5.01. The minimum absolute atomic E-state index is 0.0331. The van der Waals surface area contributed by atoms with Crippen molar-refractivity contribution in [3.05, 3.63) is 28.3 Å². The number of benzene rings is 1. The number of aryl methyl sites for hydroxylation is 1. The normalized spacial score (nSPS) is 10.0. The zero-order valence-corrected chi connectivity index (χ0v) is 7.85. The van der Waals surface area contributed by atoms with Gasteiger partial charge in [0, 0.05) is 0 Å². The number of methoxy groups -OCH3 is 1. The van der Waals surface area contributed by atoms with Crippen molar-refractivity contribution < 1.29 is 9.84 Å². The Balaban J connectivity index is 3.18. The van der Waals surface area contributed by atoms with Crippen molar-refractivity contribution >= 4 is 11.6 Å². The van der Waals surface area contributed by atoms with Gasteiger partial charge in [0.1, 0.15) is 5.75 Å². The molecule has 3 heteroatoms. The first-order valence-electron chi connectivity index (χ1n) is 3.63. The minimum Gasteiger partial charge on any atom is -0.497 e. The first-order valence-corrected chi connectivity index (χ1v) is 4.00. The molecular weight excluding hydrogens is 176 g/mol. The zero-order valence-electron chi connectivity index (χ0n) is 7.10. The average molecular weight is 187 g/mol. The minimum atomic E-state index is -0.0331. The van der Waals surface area contributed by atoms with E-state index in [1.165, 1.54) is 0 Å². The highest BCUT2D eigenvalue weighted by atomic mass is 35.5. The Morgan fingerprint density at radius 1 is 1.50 bits per heavy atom. The molecule has 0 saturated heterocycles. The number of aliphatic hydroxyl groups is 1. The van der Waals surface area contributed by atoms with Crippen LogP contribution in [0.25, 0.3) is 0 Å². The molecule has 1 N–H and O–H groups in total. The highest BCUT2D eigenvalue weighted by Crippen LogP contribution is 2.25. The molecule has 1 aromatic rings. The van der Waals surface area contributed by atoms with Crippen molar-refractivity contribution in [2.75, 3.05) is 7.11 Å². The largest absolute Gasteiger partial charge is 0.497 e. The highest BCUT2D eigenvalue weighted by molar-refractivity contribution is 6.31. The standard InChI is InChI=1S/C9H11ClO2/c1-6-3-7(12-2)4-9(10)8(6)5-11/h3-4,11H,5H2,1-2H3. The van der Waals surface area contributed by atoms with Crippen LogP contribution in [0, 0.1) is 6.92 Å². The van der Waals surface area contributed by atoms with Crippen LogP contribution in [0.2, 0.25) is 5.02 Å². The second-order valence-electron chi connectivity index (χ2n) is 2.56. The van der Waals surface area contributed by atoms with Crippen LogP contribution in [0.4, 0.5) is 0 Å². The number of halogens is 1. The lowest BCUT2D eigenvalue weighted by molar-refractivity contribution is 0.281. The topological polar surface area (TPSA) is 29.5 Å².